The van der Waals surface area contributed by atoms with E-state index in [1.165, 1.54) is 30.3 Å². The van der Waals surface area contributed by atoms with Crippen molar-refractivity contribution in [1.82, 2.24) is 0 Å². The van der Waals surface area contributed by atoms with E-state index in [2.05, 4.69) is 20.7 Å². The first-order valence-electron chi connectivity index (χ1n) is 7.10. The summed E-state index contributed by atoms with van der Waals surface area (Å²) in [5.41, 5.74) is 0.841. The predicted molar refractivity (Wildman–Crippen MR) is 96.5 cm³/mol. The van der Waals surface area contributed by atoms with E-state index in [1.54, 1.807) is 6.07 Å². The van der Waals surface area contributed by atoms with E-state index in [0.717, 1.165) is 0 Å². The summed E-state index contributed by atoms with van der Waals surface area (Å²) in [6.45, 7) is 5.66. The van der Waals surface area contributed by atoms with E-state index in [0.29, 0.717) is 21.3 Å². The summed E-state index contributed by atoms with van der Waals surface area (Å²) in [6.07, 6.45) is 0. The molecule has 0 saturated heterocycles. The molecule has 2 rings (SSSR count). The van der Waals surface area contributed by atoms with Crippen LogP contribution in [-0.2, 0) is 15.4 Å². The molecule has 5 nitrogen and oxygen atoms in total. The van der Waals surface area contributed by atoms with Gasteiger partial charge in [-0.05, 0) is 41.8 Å². The number of nitrogens with zero attached hydrogens (tertiary/aromatic N) is 1. The van der Waals surface area contributed by atoms with Gasteiger partial charge in [-0.15, -0.1) is 0 Å². The van der Waals surface area contributed by atoms with Crippen molar-refractivity contribution in [3.63, 3.8) is 0 Å². The molecule has 2 aromatic rings. The van der Waals surface area contributed by atoms with Gasteiger partial charge in [0.05, 0.1) is 11.6 Å². The van der Waals surface area contributed by atoms with Crippen LogP contribution in [0.3, 0.4) is 0 Å². The molecule has 0 aliphatic heterocycles. The highest BCUT2D eigenvalue weighted by Gasteiger charge is 2.27. The molecule has 126 valence electrons. The lowest BCUT2D eigenvalue weighted by Crippen LogP contribution is -2.17. The Hall–Kier alpha value is -2.04. The molecule has 0 unspecified atom stereocenters. The van der Waals surface area contributed by atoms with E-state index in [9.17, 15) is 13.5 Å². The van der Waals surface area contributed by atoms with Crippen molar-refractivity contribution in [2.75, 3.05) is 4.72 Å². The van der Waals surface area contributed by atoms with Crippen LogP contribution < -0.4 is 4.72 Å². The van der Waals surface area contributed by atoms with Crippen molar-refractivity contribution in [2.24, 2.45) is 0 Å². The Kier molecular flexibility index (Phi) is 4.92. The molecule has 2 N–H and O–H groups in total. The normalized spacial score (nSPS) is 11.8. The van der Waals surface area contributed by atoms with Crippen LogP contribution in [0.4, 0.5) is 5.69 Å². The number of hydrogen-bond acceptors (Lipinski definition) is 4. The second-order valence-electron chi connectivity index (χ2n) is 6.34. The van der Waals surface area contributed by atoms with Gasteiger partial charge in [0.25, 0.3) is 10.0 Å². The summed E-state index contributed by atoms with van der Waals surface area (Å²) in [7, 11) is -3.98. The molecule has 0 fully saturated rings. The molecule has 0 aliphatic rings. The maximum atomic E-state index is 12.7. The van der Waals surface area contributed by atoms with E-state index in [1.807, 2.05) is 26.8 Å². The Morgan fingerprint density at radius 3 is 2.25 bits per heavy atom. The number of hydrogen-bond donors (Lipinski definition) is 2. The lowest BCUT2D eigenvalue weighted by Gasteiger charge is -2.22. The molecular weight excluding hydrogens is 392 g/mol. The monoisotopic (exact) mass is 408 g/mol. The van der Waals surface area contributed by atoms with Gasteiger partial charge < -0.3 is 5.11 Å². The van der Waals surface area contributed by atoms with Crippen LogP contribution in [-0.4, -0.2) is 13.5 Å². The fourth-order valence-corrected chi connectivity index (χ4v) is 3.99. The highest BCUT2D eigenvalue weighted by atomic mass is 79.9. The lowest BCUT2D eigenvalue weighted by molar-refractivity contribution is 0.432. The number of sulfonamides is 1. The number of nitriles is 1. The highest BCUT2D eigenvalue weighted by Crippen LogP contribution is 2.38. The van der Waals surface area contributed by atoms with Crippen molar-refractivity contribution in [2.45, 2.75) is 31.1 Å². The van der Waals surface area contributed by atoms with E-state index < -0.39 is 15.4 Å². The van der Waals surface area contributed by atoms with E-state index in [-0.39, 0.29) is 10.6 Å². The summed E-state index contributed by atoms with van der Waals surface area (Å²) >= 11 is 3.30. The molecular formula is C17H17BrN2O3S. The maximum absolute atomic E-state index is 12.7. The molecule has 24 heavy (non-hydrogen) atoms. The smallest absolute Gasteiger partial charge is 0.265 e. The largest absolute Gasteiger partial charge is 0.506 e. The van der Waals surface area contributed by atoms with Gasteiger partial charge in [0.2, 0.25) is 0 Å². The highest BCUT2D eigenvalue weighted by molar-refractivity contribution is 9.10. The first-order valence-corrected chi connectivity index (χ1v) is 9.38. The molecule has 0 aliphatic carbocycles. The molecule has 0 spiro atoms. The molecule has 0 radical (unpaired) electrons. The van der Waals surface area contributed by atoms with Crippen molar-refractivity contribution in [3.05, 3.63) is 52.0 Å². The zero-order valence-electron chi connectivity index (χ0n) is 13.5. The molecule has 0 saturated carbocycles. The Labute approximate surface area is 150 Å². The van der Waals surface area contributed by atoms with Gasteiger partial charge >= 0.3 is 0 Å². The van der Waals surface area contributed by atoms with Crippen molar-refractivity contribution < 1.29 is 13.5 Å². The standard InChI is InChI=1S/C17H17BrN2O3S/c1-17(2,3)14-8-12(18)9-15(16(14)21)24(22,23)20-13-6-4-11(10-19)5-7-13/h4-9,20-21H,1-3H3. The number of phenolic OH excluding ortho intramolecular Hbond substituents is 1. The summed E-state index contributed by atoms with van der Waals surface area (Å²) in [6, 6.07) is 11.0. The number of benzene rings is 2. The van der Waals surface area contributed by atoms with Gasteiger partial charge in [0, 0.05) is 15.7 Å². The van der Waals surface area contributed by atoms with Gasteiger partial charge in [-0.25, -0.2) is 8.42 Å². The first kappa shape index (κ1) is 18.3. The molecule has 0 heterocycles. The van der Waals surface area contributed by atoms with E-state index in [4.69, 9.17) is 5.26 Å². The summed E-state index contributed by atoms with van der Waals surface area (Å²) < 4.78 is 28.3. The zero-order valence-corrected chi connectivity index (χ0v) is 15.9. The fourth-order valence-electron chi connectivity index (χ4n) is 2.17. The van der Waals surface area contributed by atoms with E-state index >= 15 is 0 Å². The maximum Gasteiger partial charge on any atom is 0.265 e. The van der Waals surface area contributed by atoms with Crippen LogP contribution in [0.5, 0.6) is 5.75 Å². The van der Waals surface area contributed by atoms with Crippen LogP contribution in [0.25, 0.3) is 0 Å². The zero-order chi connectivity index (χ0) is 18.1. The number of rotatable bonds is 3. The Morgan fingerprint density at radius 1 is 1.17 bits per heavy atom. The second kappa shape index (κ2) is 6.46. The predicted octanol–water partition coefficient (Wildman–Crippen LogP) is 4.12. The third-order valence-corrected chi connectivity index (χ3v) is 5.26. The van der Waals surface area contributed by atoms with Crippen molar-refractivity contribution in [3.8, 4) is 11.8 Å². The summed E-state index contributed by atoms with van der Waals surface area (Å²) in [5, 5.41) is 19.2. The average molecular weight is 409 g/mol. The SMILES string of the molecule is CC(C)(C)c1cc(Br)cc(S(=O)(=O)Nc2ccc(C#N)cc2)c1O. The number of anilines is 1. The minimum absolute atomic E-state index is 0.203. The van der Waals surface area contributed by atoms with Crippen LogP contribution >= 0.6 is 15.9 Å². The number of nitrogens with one attached hydrogen (secondary N) is 1. The Bertz CT molecular complexity index is 909. The van der Waals surface area contributed by atoms with Crippen molar-refractivity contribution in [1.29, 1.82) is 5.26 Å². The minimum atomic E-state index is -3.98. The van der Waals surface area contributed by atoms with Gasteiger partial charge in [0.15, 0.2) is 0 Å². The van der Waals surface area contributed by atoms with Crippen LogP contribution in [0.2, 0.25) is 0 Å². The van der Waals surface area contributed by atoms with Gasteiger partial charge in [-0.2, -0.15) is 5.26 Å². The average Bonchev–Trinajstić information content (AvgIpc) is 2.48. The first-order chi connectivity index (χ1) is 11.0. The number of phenols is 1. The Morgan fingerprint density at radius 2 is 1.75 bits per heavy atom. The minimum Gasteiger partial charge on any atom is -0.506 e. The molecule has 2 aromatic carbocycles. The van der Waals surface area contributed by atoms with Gasteiger partial charge in [-0.3, -0.25) is 4.72 Å². The fraction of sp³-hybridized carbons (Fsp3) is 0.235. The van der Waals surface area contributed by atoms with Gasteiger partial charge in [-0.1, -0.05) is 36.7 Å². The van der Waals surface area contributed by atoms with Crippen LogP contribution in [0.1, 0.15) is 31.9 Å². The summed E-state index contributed by atoms with van der Waals surface area (Å²) in [5.74, 6) is -0.271. The molecule has 0 bridgehead atoms. The lowest BCUT2D eigenvalue weighted by atomic mass is 9.86. The quantitative estimate of drug-likeness (QED) is 0.798. The third-order valence-electron chi connectivity index (χ3n) is 3.40. The third kappa shape index (κ3) is 3.89. The number of halogens is 1. The van der Waals surface area contributed by atoms with Crippen LogP contribution in [0, 0.1) is 11.3 Å². The summed E-state index contributed by atoms with van der Waals surface area (Å²) in [4.78, 5) is -0.203. The molecule has 0 aromatic heterocycles. The molecule has 0 amide bonds. The molecule has 7 heteroatoms. The number of aromatic hydroxyl groups is 1. The molecule has 0 atom stereocenters. The Balaban J connectivity index is 2.49. The van der Waals surface area contributed by atoms with Gasteiger partial charge in [0.1, 0.15) is 10.6 Å². The van der Waals surface area contributed by atoms with Crippen LogP contribution in [0.15, 0.2) is 45.8 Å². The van der Waals surface area contributed by atoms with Crippen molar-refractivity contribution >= 4 is 31.6 Å². The second-order valence-corrected chi connectivity index (χ2v) is 8.91. The topological polar surface area (TPSA) is 90.2 Å².